The Morgan fingerprint density at radius 3 is 2.36 bits per heavy atom. The molecule has 0 unspecified atom stereocenters. The highest BCUT2D eigenvalue weighted by atomic mass is 35.5. The van der Waals surface area contributed by atoms with Gasteiger partial charge >= 0.3 is 0 Å². The van der Waals surface area contributed by atoms with Crippen molar-refractivity contribution in [3.63, 3.8) is 0 Å². The van der Waals surface area contributed by atoms with Crippen molar-refractivity contribution in [3.8, 4) is 0 Å². The van der Waals surface area contributed by atoms with Gasteiger partial charge < -0.3 is 5.73 Å². The van der Waals surface area contributed by atoms with Gasteiger partial charge in [0.15, 0.2) is 0 Å². The second kappa shape index (κ2) is 4.87. The number of amides is 1. The largest absolute Gasteiger partial charge is 0.370 e. The zero-order chi connectivity index (χ0) is 10.7. The number of nitrogens with two attached hydrogens (primary N) is 1. The number of hydrogen-bond acceptors (Lipinski definition) is 1. The van der Waals surface area contributed by atoms with Gasteiger partial charge in [0.2, 0.25) is 5.91 Å². The first-order valence-corrected chi connectivity index (χ1v) is 5.06. The molecule has 0 saturated carbocycles. The van der Waals surface area contributed by atoms with E-state index in [1.807, 2.05) is 0 Å². The standard InChI is InChI=1S/C9H8Cl3NO/c10-6-2-3-7(11)9(12)5(6)1-4-8(13)14/h2-3H,1,4H2,(H2,13,14). The first-order chi connectivity index (χ1) is 6.52. The highest BCUT2D eigenvalue weighted by Gasteiger charge is 2.10. The van der Waals surface area contributed by atoms with Crippen LogP contribution in [0.1, 0.15) is 12.0 Å². The fraction of sp³-hybridized carbons (Fsp3) is 0.222. The van der Waals surface area contributed by atoms with E-state index >= 15 is 0 Å². The topological polar surface area (TPSA) is 43.1 Å². The molecule has 0 aliphatic rings. The van der Waals surface area contributed by atoms with Crippen LogP contribution in [0.15, 0.2) is 12.1 Å². The molecule has 0 aliphatic heterocycles. The van der Waals surface area contributed by atoms with Crippen molar-refractivity contribution in [1.29, 1.82) is 0 Å². The fourth-order valence-corrected chi connectivity index (χ4v) is 1.78. The minimum absolute atomic E-state index is 0.208. The molecule has 14 heavy (non-hydrogen) atoms. The van der Waals surface area contributed by atoms with Gasteiger partial charge in [0.05, 0.1) is 10.0 Å². The van der Waals surface area contributed by atoms with Crippen LogP contribution in [0, 0.1) is 0 Å². The van der Waals surface area contributed by atoms with Gasteiger partial charge in [-0.3, -0.25) is 4.79 Å². The van der Waals surface area contributed by atoms with Crippen molar-refractivity contribution in [2.45, 2.75) is 12.8 Å². The summed E-state index contributed by atoms with van der Waals surface area (Å²) in [4.78, 5) is 10.6. The number of benzene rings is 1. The van der Waals surface area contributed by atoms with E-state index in [-0.39, 0.29) is 6.42 Å². The maximum absolute atomic E-state index is 10.6. The molecule has 1 amide bonds. The van der Waals surface area contributed by atoms with Crippen LogP contribution in [0.2, 0.25) is 15.1 Å². The van der Waals surface area contributed by atoms with Crippen molar-refractivity contribution in [1.82, 2.24) is 0 Å². The van der Waals surface area contributed by atoms with Crippen LogP contribution in [-0.2, 0) is 11.2 Å². The second-order valence-corrected chi connectivity index (χ2v) is 3.98. The summed E-state index contributed by atoms with van der Waals surface area (Å²) in [7, 11) is 0. The number of carbonyl (C=O) groups excluding carboxylic acids is 1. The van der Waals surface area contributed by atoms with Gasteiger partial charge in [0.1, 0.15) is 0 Å². The SMILES string of the molecule is NC(=O)CCc1c(Cl)ccc(Cl)c1Cl. The van der Waals surface area contributed by atoms with Gasteiger partial charge in [-0.2, -0.15) is 0 Å². The molecule has 0 heterocycles. The van der Waals surface area contributed by atoms with Gasteiger partial charge in [0, 0.05) is 11.4 Å². The first-order valence-electron chi connectivity index (χ1n) is 3.93. The summed E-state index contributed by atoms with van der Waals surface area (Å²) in [5.74, 6) is -0.392. The molecule has 0 spiro atoms. The van der Waals surface area contributed by atoms with E-state index in [4.69, 9.17) is 40.5 Å². The molecule has 1 aromatic carbocycles. The summed E-state index contributed by atoms with van der Waals surface area (Å²) in [6.45, 7) is 0. The lowest BCUT2D eigenvalue weighted by molar-refractivity contribution is -0.117. The maximum atomic E-state index is 10.6. The molecule has 0 saturated heterocycles. The van der Waals surface area contributed by atoms with E-state index in [1.165, 1.54) is 0 Å². The van der Waals surface area contributed by atoms with E-state index in [1.54, 1.807) is 12.1 Å². The molecule has 0 radical (unpaired) electrons. The molecule has 0 fully saturated rings. The summed E-state index contributed by atoms with van der Waals surface area (Å²) in [6.07, 6.45) is 0.618. The molecule has 0 bridgehead atoms. The van der Waals surface area contributed by atoms with E-state index in [9.17, 15) is 4.79 Å². The number of carbonyl (C=O) groups is 1. The molecule has 5 heteroatoms. The number of hydrogen-bond donors (Lipinski definition) is 1. The Bertz CT molecular complexity index is 365. The van der Waals surface area contributed by atoms with Gasteiger partial charge in [-0.15, -0.1) is 0 Å². The third-order valence-electron chi connectivity index (χ3n) is 1.76. The van der Waals surface area contributed by atoms with E-state index in [2.05, 4.69) is 0 Å². The Balaban J connectivity index is 2.95. The summed E-state index contributed by atoms with van der Waals surface area (Å²) in [6, 6.07) is 3.26. The number of halogens is 3. The molecule has 2 N–H and O–H groups in total. The molecule has 1 rings (SSSR count). The minimum Gasteiger partial charge on any atom is -0.370 e. The Morgan fingerprint density at radius 2 is 1.79 bits per heavy atom. The average Bonchev–Trinajstić information content (AvgIpc) is 2.11. The lowest BCUT2D eigenvalue weighted by Crippen LogP contribution is -2.11. The van der Waals surface area contributed by atoms with Crippen molar-refractivity contribution in [2.24, 2.45) is 5.73 Å². The third kappa shape index (κ3) is 2.77. The highest BCUT2D eigenvalue weighted by Crippen LogP contribution is 2.32. The smallest absolute Gasteiger partial charge is 0.217 e. The molecular formula is C9H8Cl3NO. The molecule has 0 aliphatic carbocycles. The molecule has 0 atom stereocenters. The number of primary amides is 1. The van der Waals surface area contributed by atoms with Gasteiger partial charge in [0.25, 0.3) is 0 Å². The van der Waals surface area contributed by atoms with E-state index in [0.29, 0.717) is 27.1 Å². The predicted octanol–water partition coefficient (Wildman–Crippen LogP) is 3.06. The van der Waals surface area contributed by atoms with Gasteiger partial charge in [-0.25, -0.2) is 0 Å². The molecular weight excluding hydrogens is 244 g/mol. The lowest BCUT2D eigenvalue weighted by atomic mass is 10.1. The summed E-state index contributed by atoms with van der Waals surface area (Å²) >= 11 is 17.6. The Hall–Kier alpha value is -0.440. The van der Waals surface area contributed by atoms with Crippen LogP contribution < -0.4 is 5.73 Å². The average molecular weight is 253 g/mol. The molecule has 1 aromatic rings. The van der Waals surface area contributed by atoms with Crippen LogP contribution in [0.5, 0.6) is 0 Å². The van der Waals surface area contributed by atoms with Crippen LogP contribution in [0.25, 0.3) is 0 Å². The normalized spacial score (nSPS) is 10.2. The minimum atomic E-state index is -0.392. The molecule has 2 nitrogen and oxygen atoms in total. The van der Waals surface area contributed by atoms with Crippen LogP contribution >= 0.6 is 34.8 Å². The maximum Gasteiger partial charge on any atom is 0.217 e. The van der Waals surface area contributed by atoms with Crippen molar-refractivity contribution in [3.05, 3.63) is 32.8 Å². The van der Waals surface area contributed by atoms with Crippen LogP contribution in [0.4, 0.5) is 0 Å². The quantitative estimate of drug-likeness (QED) is 0.826. The van der Waals surface area contributed by atoms with Crippen molar-refractivity contribution < 1.29 is 4.79 Å². The van der Waals surface area contributed by atoms with Gasteiger partial charge in [-0.05, 0) is 24.1 Å². The van der Waals surface area contributed by atoms with Crippen LogP contribution in [-0.4, -0.2) is 5.91 Å². The first kappa shape index (κ1) is 11.6. The summed E-state index contributed by atoms with van der Waals surface area (Å²) in [5.41, 5.74) is 5.69. The number of rotatable bonds is 3. The lowest BCUT2D eigenvalue weighted by Gasteiger charge is -2.06. The zero-order valence-electron chi connectivity index (χ0n) is 7.19. The van der Waals surface area contributed by atoms with Crippen molar-refractivity contribution >= 4 is 40.7 Å². The fourth-order valence-electron chi connectivity index (χ4n) is 1.05. The Morgan fingerprint density at radius 1 is 1.21 bits per heavy atom. The predicted molar refractivity (Wildman–Crippen MR) is 59.0 cm³/mol. The summed E-state index contributed by atoms with van der Waals surface area (Å²) in [5, 5.41) is 1.32. The monoisotopic (exact) mass is 251 g/mol. The Labute approximate surface area is 96.9 Å². The third-order valence-corrected chi connectivity index (χ3v) is 2.96. The van der Waals surface area contributed by atoms with E-state index < -0.39 is 5.91 Å². The zero-order valence-corrected chi connectivity index (χ0v) is 9.46. The molecule has 76 valence electrons. The van der Waals surface area contributed by atoms with Gasteiger partial charge in [-0.1, -0.05) is 34.8 Å². The molecule has 0 aromatic heterocycles. The van der Waals surface area contributed by atoms with Crippen LogP contribution in [0.3, 0.4) is 0 Å². The van der Waals surface area contributed by atoms with Crippen molar-refractivity contribution in [2.75, 3.05) is 0 Å². The highest BCUT2D eigenvalue weighted by molar-refractivity contribution is 6.44. The second-order valence-electron chi connectivity index (χ2n) is 2.79. The summed E-state index contributed by atoms with van der Waals surface area (Å²) < 4.78 is 0. The Kier molecular flexibility index (Phi) is 4.05. The van der Waals surface area contributed by atoms with E-state index in [0.717, 1.165) is 0 Å².